The van der Waals surface area contributed by atoms with Gasteiger partial charge < -0.3 is 5.32 Å². The molecule has 0 aliphatic carbocycles. The molecule has 0 aliphatic heterocycles. The normalized spacial score (nSPS) is 11.2. The molecule has 0 aromatic heterocycles. The third-order valence-electron chi connectivity index (χ3n) is 4.60. The molecule has 0 bridgehead atoms. The van der Waals surface area contributed by atoms with Gasteiger partial charge in [-0.3, -0.25) is 4.79 Å². The molecular weight excluding hydrogens is 469 g/mol. The summed E-state index contributed by atoms with van der Waals surface area (Å²) in [6, 6.07) is 21.4. The molecule has 0 fully saturated rings. The van der Waals surface area contributed by atoms with Crippen molar-refractivity contribution in [3.8, 4) is 6.07 Å². The van der Waals surface area contributed by atoms with Crippen LogP contribution in [0.15, 0.2) is 77.7 Å². The van der Waals surface area contributed by atoms with E-state index in [0.29, 0.717) is 21.3 Å². The fourth-order valence-electron chi connectivity index (χ4n) is 2.96. The SMILES string of the molecule is N#CCc1ccc(NC(=O)CN(Cc2ccccc2Cl)S(=O)(=O)c2ccc(Cl)cc2)cc1. The van der Waals surface area contributed by atoms with Crippen LogP contribution in [0.25, 0.3) is 0 Å². The number of carbonyl (C=O) groups is 1. The Labute approximate surface area is 197 Å². The highest BCUT2D eigenvalue weighted by Crippen LogP contribution is 2.23. The number of hydrogen-bond acceptors (Lipinski definition) is 4. The van der Waals surface area contributed by atoms with Crippen LogP contribution in [0.2, 0.25) is 10.0 Å². The number of halogens is 2. The van der Waals surface area contributed by atoms with Gasteiger partial charge in [0.25, 0.3) is 0 Å². The second-order valence-electron chi connectivity index (χ2n) is 6.90. The molecule has 0 atom stereocenters. The fourth-order valence-corrected chi connectivity index (χ4v) is 4.65. The van der Waals surface area contributed by atoms with Crippen molar-refractivity contribution in [3.63, 3.8) is 0 Å². The Morgan fingerprint density at radius 1 is 0.969 bits per heavy atom. The summed E-state index contributed by atoms with van der Waals surface area (Å²) in [7, 11) is -4.02. The first-order valence-corrected chi connectivity index (χ1v) is 11.7. The Bertz CT molecular complexity index is 1240. The van der Waals surface area contributed by atoms with Gasteiger partial charge in [-0.15, -0.1) is 0 Å². The maximum Gasteiger partial charge on any atom is 0.243 e. The molecular formula is C23H19Cl2N3O3S. The third kappa shape index (κ3) is 6.09. The Hall–Kier alpha value is -2.89. The summed E-state index contributed by atoms with van der Waals surface area (Å²) in [5.74, 6) is -0.511. The topological polar surface area (TPSA) is 90.3 Å². The summed E-state index contributed by atoms with van der Waals surface area (Å²) in [5, 5.41) is 12.3. The van der Waals surface area contributed by atoms with Gasteiger partial charge in [-0.05, 0) is 53.6 Å². The van der Waals surface area contributed by atoms with Gasteiger partial charge in [0.1, 0.15) is 0 Å². The van der Waals surface area contributed by atoms with E-state index in [1.807, 2.05) is 0 Å². The lowest BCUT2D eigenvalue weighted by atomic mass is 10.1. The largest absolute Gasteiger partial charge is 0.325 e. The number of anilines is 1. The molecule has 164 valence electrons. The lowest BCUT2D eigenvalue weighted by Crippen LogP contribution is -2.37. The number of rotatable bonds is 8. The van der Waals surface area contributed by atoms with Crippen LogP contribution in [0.4, 0.5) is 5.69 Å². The number of nitrogens with one attached hydrogen (secondary N) is 1. The van der Waals surface area contributed by atoms with Gasteiger partial charge in [0.2, 0.25) is 15.9 Å². The molecule has 0 spiro atoms. The highest BCUT2D eigenvalue weighted by molar-refractivity contribution is 7.89. The van der Waals surface area contributed by atoms with Crippen molar-refractivity contribution in [2.75, 3.05) is 11.9 Å². The van der Waals surface area contributed by atoms with Gasteiger partial charge >= 0.3 is 0 Å². The minimum Gasteiger partial charge on any atom is -0.325 e. The van der Waals surface area contributed by atoms with Crippen LogP contribution < -0.4 is 5.32 Å². The van der Waals surface area contributed by atoms with Crippen LogP contribution in [0, 0.1) is 11.3 Å². The van der Waals surface area contributed by atoms with Crippen molar-refractivity contribution >= 4 is 44.8 Å². The first-order chi connectivity index (χ1) is 15.3. The Morgan fingerprint density at radius 2 is 1.62 bits per heavy atom. The van der Waals surface area contributed by atoms with E-state index < -0.39 is 22.5 Å². The van der Waals surface area contributed by atoms with Crippen LogP contribution in [-0.4, -0.2) is 25.2 Å². The second kappa shape index (κ2) is 10.6. The van der Waals surface area contributed by atoms with Gasteiger partial charge in [0.15, 0.2) is 0 Å². The number of hydrogen-bond donors (Lipinski definition) is 1. The summed E-state index contributed by atoms with van der Waals surface area (Å²) in [4.78, 5) is 12.7. The van der Waals surface area contributed by atoms with E-state index in [1.165, 1.54) is 24.3 Å². The molecule has 0 saturated carbocycles. The molecule has 3 aromatic rings. The van der Waals surface area contributed by atoms with Crippen molar-refractivity contribution in [1.29, 1.82) is 5.26 Å². The zero-order valence-corrected chi connectivity index (χ0v) is 19.2. The lowest BCUT2D eigenvalue weighted by molar-refractivity contribution is -0.116. The van der Waals surface area contributed by atoms with Gasteiger partial charge in [0.05, 0.1) is 23.9 Å². The molecule has 1 amide bonds. The molecule has 1 N–H and O–H groups in total. The molecule has 6 nitrogen and oxygen atoms in total. The highest BCUT2D eigenvalue weighted by atomic mass is 35.5. The molecule has 3 aromatic carbocycles. The van der Waals surface area contributed by atoms with Crippen LogP contribution in [0.5, 0.6) is 0 Å². The van der Waals surface area contributed by atoms with E-state index in [9.17, 15) is 13.2 Å². The fraction of sp³-hybridized carbons (Fsp3) is 0.130. The van der Waals surface area contributed by atoms with Gasteiger partial charge in [0, 0.05) is 22.3 Å². The number of nitrogens with zero attached hydrogens (tertiary/aromatic N) is 2. The summed E-state index contributed by atoms with van der Waals surface area (Å²) >= 11 is 12.1. The average molecular weight is 488 g/mol. The number of amides is 1. The second-order valence-corrected chi connectivity index (χ2v) is 9.68. The minimum atomic E-state index is -4.02. The predicted octanol–water partition coefficient (Wildman–Crippen LogP) is 4.89. The first-order valence-electron chi connectivity index (χ1n) is 9.54. The molecule has 9 heteroatoms. The monoisotopic (exact) mass is 487 g/mol. The number of nitriles is 1. The Morgan fingerprint density at radius 3 is 2.25 bits per heavy atom. The molecule has 0 aliphatic rings. The van der Waals surface area contributed by atoms with Crippen molar-refractivity contribution in [3.05, 3.63) is 94.0 Å². The van der Waals surface area contributed by atoms with Crippen LogP contribution in [0.3, 0.4) is 0 Å². The van der Waals surface area contributed by atoms with E-state index in [-0.39, 0.29) is 17.9 Å². The molecule has 0 heterocycles. The van der Waals surface area contributed by atoms with Crippen LogP contribution >= 0.6 is 23.2 Å². The number of carbonyl (C=O) groups excluding carboxylic acids is 1. The Balaban J connectivity index is 1.84. The lowest BCUT2D eigenvalue weighted by Gasteiger charge is -2.22. The molecule has 0 saturated heterocycles. The zero-order valence-electron chi connectivity index (χ0n) is 16.8. The van der Waals surface area contributed by atoms with Crippen LogP contribution in [-0.2, 0) is 27.8 Å². The van der Waals surface area contributed by atoms with Gasteiger partial charge in [-0.2, -0.15) is 9.57 Å². The maximum absolute atomic E-state index is 13.3. The first kappa shape index (κ1) is 23.8. The van der Waals surface area contributed by atoms with E-state index >= 15 is 0 Å². The quantitative estimate of drug-likeness (QED) is 0.489. The van der Waals surface area contributed by atoms with Crippen molar-refractivity contribution in [1.82, 2.24) is 4.31 Å². The highest BCUT2D eigenvalue weighted by Gasteiger charge is 2.27. The van der Waals surface area contributed by atoms with E-state index in [1.54, 1.807) is 48.5 Å². The predicted molar refractivity (Wildman–Crippen MR) is 125 cm³/mol. The third-order valence-corrected chi connectivity index (χ3v) is 7.02. The van der Waals surface area contributed by atoms with Gasteiger partial charge in [-0.25, -0.2) is 8.42 Å². The minimum absolute atomic E-state index is 0.0163. The van der Waals surface area contributed by atoms with E-state index in [2.05, 4.69) is 11.4 Å². The summed E-state index contributed by atoms with van der Waals surface area (Å²) in [6.45, 7) is -0.505. The molecule has 0 radical (unpaired) electrons. The average Bonchev–Trinajstić information content (AvgIpc) is 2.76. The standard InChI is InChI=1S/C23H19Cl2N3O3S/c24-19-7-11-21(12-8-19)32(30,31)28(15-18-3-1-2-4-22(18)25)16-23(29)27-20-9-5-17(6-10-20)13-14-26/h1-12H,13,15-16H2,(H,27,29). The number of sulfonamides is 1. The van der Waals surface area contributed by atoms with Crippen molar-refractivity contribution in [2.45, 2.75) is 17.9 Å². The van der Waals surface area contributed by atoms with E-state index in [4.69, 9.17) is 28.5 Å². The molecule has 3 rings (SSSR count). The van der Waals surface area contributed by atoms with Crippen molar-refractivity contribution < 1.29 is 13.2 Å². The maximum atomic E-state index is 13.3. The zero-order chi connectivity index (χ0) is 23.1. The summed E-state index contributed by atoms with van der Waals surface area (Å²) in [5.41, 5.74) is 1.88. The van der Waals surface area contributed by atoms with Gasteiger partial charge in [-0.1, -0.05) is 53.5 Å². The molecule has 0 unspecified atom stereocenters. The van der Waals surface area contributed by atoms with Crippen LogP contribution in [0.1, 0.15) is 11.1 Å². The Kier molecular flexibility index (Phi) is 7.89. The van der Waals surface area contributed by atoms with Crippen molar-refractivity contribution in [2.24, 2.45) is 0 Å². The number of benzene rings is 3. The van der Waals surface area contributed by atoms with E-state index in [0.717, 1.165) is 9.87 Å². The summed E-state index contributed by atoms with van der Waals surface area (Å²) in [6.07, 6.45) is 0.263. The smallest absolute Gasteiger partial charge is 0.243 e. The summed E-state index contributed by atoms with van der Waals surface area (Å²) < 4.78 is 27.7. The molecule has 32 heavy (non-hydrogen) atoms.